The molecule has 6 nitrogen and oxygen atoms in total. The van der Waals surface area contributed by atoms with Gasteiger partial charge in [-0.2, -0.15) is 0 Å². The maximum atomic E-state index is 13.1. The van der Waals surface area contributed by atoms with Crippen molar-refractivity contribution >= 4 is 6.03 Å². The van der Waals surface area contributed by atoms with E-state index < -0.39 is 0 Å². The van der Waals surface area contributed by atoms with Gasteiger partial charge in [-0.3, -0.25) is 0 Å². The molecule has 1 aliphatic carbocycles. The highest BCUT2D eigenvalue weighted by atomic mass is 19.1. The Morgan fingerprint density at radius 2 is 2.16 bits per heavy atom. The van der Waals surface area contributed by atoms with E-state index in [1.807, 2.05) is 17.8 Å². The fraction of sp³-hybridized carbons (Fsp3) is 0.444. The van der Waals surface area contributed by atoms with Crippen LogP contribution in [0.3, 0.4) is 0 Å². The lowest BCUT2D eigenvalue weighted by Gasteiger charge is -2.26. The maximum Gasteiger partial charge on any atom is 0.318 e. The van der Waals surface area contributed by atoms with Gasteiger partial charge in [-0.1, -0.05) is 12.1 Å². The Labute approximate surface area is 146 Å². The van der Waals surface area contributed by atoms with Gasteiger partial charge >= 0.3 is 6.03 Å². The first kappa shape index (κ1) is 17.4. The smallest absolute Gasteiger partial charge is 0.318 e. The van der Waals surface area contributed by atoms with Crippen molar-refractivity contribution in [1.29, 1.82) is 0 Å². The summed E-state index contributed by atoms with van der Waals surface area (Å²) in [4.78, 5) is 18.6. The van der Waals surface area contributed by atoms with Gasteiger partial charge in [0.25, 0.3) is 0 Å². The number of amides is 2. The second kappa shape index (κ2) is 7.65. The first-order chi connectivity index (χ1) is 12.1. The van der Waals surface area contributed by atoms with E-state index in [-0.39, 0.29) is 31.0 Å². The molecule has 2 amide bonds. The minimum absolute atomic E-state index is 0.134. The van der Waals surface area contributed by atoms with Crippen molar-refractivity contribution < 1.29 is 14.3 Å². The molecule has 0 spiro atoms. The van der Waals surface area contributed by atoms with E-state index in [1.165, 1.54) is 17.0 Å². The summed E-state index contributed by atoms with van der Waals surface area (Å²) in [6.07, 6.45) is 5.72. The molecule has 1 heterocycles. The van der Waals surface area contributed by atoms with Crippen LogP contribution in [0.25, 0.3) is 0 Å². The summed E-state index contributed by atoms with van der Waals surface area (Å²) < 4.78 is 15.0. The number of aromatic nitrogens is 2. The zero-order chi connectivity index (χ0) is 17.8. The van der Waals surface area contributed by atoms with E-state index in [9.17, 15) is 14.3 Å². The van der Waals surface area contributed by atoms with Gasteiger partial charge in [-0.15, -0.1) is 0 Å². The zero-order valence-corrected chi connectivity index (χ0v) is 14.2. The Balaban J connectivity index is 1.71. The summed E-state index contributed by atoms with van der Waals surface area (Å²) in [5, 5.41) is 12.4. The molecule has 7 heteroatoms. The van der Waals surface area contributed by atoms with Gasteiger partial charge < -0.3 is 19.9 Å². The Morgan fingerprint density at radius 3 is 2.72 bits per heavy atom. The molecule has 134 valence electrons. The molecule has 0 radical (unpaired) electrons. The van der Waals surface area contributed by atoms with Crippen LogP contribution in [0.1, 0.15) is 30.3 Å². The number of halogens is 1. The number of carbonyl (C=O) groups is 1. The summed E-state index contributed by atoms with van der Waals surface area (Å²) in [5.41, 5.74) is 0.810. The number of nitrogens with zero attached hydrogens (tertiary/aromatic N) is 3. The lowest BCUT2D eigenvalue weighted by molar-refractivity contribution is 0.169. The second-order valence-corrected chi connectivity index (χ2v) is 6.43. The number of imidazole rings is 1. The molecule has 1 atom stereocenters. The van der Waals surface area contributed by atoms with Gasteiger partial charge in [0, 0.05) is 32.5 Å². The van der Waals surface area contributed by atoms with Crippen LogP contribution in [0.2, 0.25) is 0 Å². The molecule has 1 fully saturated rings. The van der Waals surface area contributed by atoms with Crippen LogP contribution >= 0.6 is 0 Å². The number of rotatable bonds is 7. The maximum absolute atomic E-state index is 13.1. The fourth-order valence-corrected chi connectivity index (χ4v) is 2.91. The number of benzene rings is 1. The first-order valence-electron chi connectivity index (χ1n) is 8.46. The number of nitrogens with one attached hydrogen (secondary N) is 1. The summed E-state index contributed by atoms with van der Waals surface area (Å²) in [5.74, 6) is 0.916. The van der Waals surface area contributed by atoms with Crippen LogP contribution in [-0.4, -0.2) is 38.7 Å². The second-order valence-electron chi connectivity index (χ2n) is 6.43. The first-order valence-corrected chi connectivity index (χ1v) is 8.46. The van der Waals surface area contributed by atoms with Crippen molar-refractivity contribution in [3.63, 3.8) is 0 Å². The van der Waals surface area contributed by atoms with Crippen molar-refractivity contribution in [2.24, 2.45) is 13.0 Å². The van der Waals surface area contributed by atoms with Crippen molar-refractivity contribution in [2.75, 3.05) is 13.2 Å². The van der Waals surface area contributed by atoms with Crippen LogP contribution in [-0.2, 0) is 13.6 Å². The monoisotopic (exact) mass is 346 g/mol. The Hall–Kier alpha value is -2.41. The van der Waals surface area contributed by atoms with E-state index in [0.717, 1.165) is 24.2 Å². The molecular weight excluding hydrogens is 323 g/mol. The molecule has 0 saturated heterocycles. The van der Waals surface area contributed by atoms with E-state index in [2.05, 4.69) is 10.3 Å². The number of aliphatic hydroxyl groups excluding tert-OH is 1. The van der Waals surface area contributed by atoms with Gasteiger partial charge in [0.05, 0.1) is 12.6 Å². The molecule has 1 saturated carbocycles. The quantitative estimate of drug-likeness (QED) is 0.808. The average Bonchev–Trinajstić information content (AvgIpc) is 3.35. The number of carbonyl (C=O) groups excluding carboxylic acids is 1. The summed E-state index contributed by atoms with van der Waals surface area (Å²) in [7, 11) is 1.91. The Kier molecular flexibility index (Phi) is 5.33. The number of hydrogen-bond acceptors (Lipinski definition) is 3. The number of hydrogen-bond donors (Lipinski definition) is 2. The van der Waals surface area contributed by atoms with E-state index >= 15 is 0 Å². The third-order valence-electron chi connectivity index (χ3n) is 4.45. The van der Waals surface area contributed by atoms with Gasteiger partial charge in [0.2, 0.25) is 0 Å². The topological polar surface area (TPSA) is 70.4 Å². The Bertz CT molecular complexity index is 712. The molecule has 0 bridgehead atoms. The molecule has 2 N–H and O–H groups in total. The summed E-state index contributed by atoms with van der Waals surface area (Å²) in [6, 6.07) is 5.63. The standard InChI is InChI=1S/C18H23FN4O2/c1-22-9-8-20-17(22)16(14-4-5-14)21-18(25)23(10-11-24)12-13-2-6-15(19)7-3-13/h2-3,6-9,14,16,24H,4-5,10-12H2,1H3,(H,21,25)/t16-/m0/s1. The molecule has 1 aromatic heterocycles. The minimum Gasteiger partial charge on any atom is -0.395 e. The third-order valence-corrected chi connectivity index (χ3v) is 4.45. The number of aliphatic hydroxyl groups is 1. The van der Waals surface area contributed by atoms with Crippen LogP contribution in [0.4, 0.5) is 9.18 Å². The van der Waals surface area contributed by atoms with Crippen LogP contribution in [0.5, 0.6) is 0 Å². The van der Waals surface area contributed by atoms with Crippen molar-refractivity contribution in [2.45, 2.75) is 25.4 Å². The molecule has 3 rings (SSSR count). The van der Waals surface area contributed by atoms with Gasteiger partial charge in [-0.05, 0) is 36.5 Å². The number of aryl methyl sites for hydroxylation is 1. The van der Waals surface area contributed by atoms with Crippen LogP contribution in [0, 0.1) is 11.7 Å². The molecule has 0 aliphatic heterocycles. The molecule has 1 aliphatic rings. The largest absolute Gasteiger partial charge is 0.395 e. The van der Waals surface area contributed by atoms with Gasteiger partial charge in [0.15, 0.2) is 0 Å². The van der Waals surface area contributed by atoms with E-state index in [0.29, 0.717) is 12.5 Å². The minimum atomic E-state index is -0.314. The normalized spacial score (nSPS) is 15.0. The lowest BCUT2D eigenvalue weighted by atomic mass is 10.1. The highest BCUT2D eigenvalue weighted by Crippen LogP contribution is 2.40. The third kappa shape index (κ3) is 4.36. The van der Waals surface area contributed by atoms with Crippen molar-refractivity contribution in [3.05, 3.63) is 53.9 Å². The highest BCUT2D eigenvalue weighted by molar-refractivity contribution is 5.74. The predicted octanol–water partition coefficient (Wildman–Crippen LogP) is 2.21. The SMILES string of the molecule is Cn1ccnc1[C@@H](NC(=O)N(CCO)Cc1ccc(F)cc1)C1CC1. The van der Waals surface area contributed by atoms with E-state index in [1.54, 1.807) is 18.3 Å². The molecule has 25 heavy (non-hydrogen) atoms. The van der Waals surface area contributed by atoms with Crippen LogP contribution in [0.15, 0.2) is 36.7 Å². The lowest BCUT2D eigenvalue weighted by Crippen LogP contribution is -2.43. The molecular formula is C18H23FN4O2. The average molecular weight is 346 g/mol. The summed E-state index contributed by atoms with van der Waals surface area (Å²) in [6.45, 7) is 0.386. The fourth-order valence-electron chi connectivity index (χ4n) is 2.91. The van der Waals surface area contributed by atoms with E-state index in [4.69, 9.17) is 0 Å². The molecule has 0 unspecified atom stereocenters. The van der Waals surface area contributed by atoms with Crippen molar-refractivity contribution in [1.82, 2.24) is 19.8 Å². The predicted molar refractivity (Wildman–Crippen MR) is 91.1 cm³/mol. The zero-order valence-electron chi connectivity index (χ0n) is 14.2. The highest BCUT2D eigenvalue weighted by Gasteiger charge is 2.36. The number of urea groups is 1. The summed E-state index contributed by atoms with van der Waals surface area (Å²) >= 11 is 0. The van der Waals surface area contributed by atoms with Crippen molar-refractivity contribution in [3.8, 4) is 0 Å². The molecule has 2 aromatic rings. The van der Waals surface area contributed by atoms with Gasteiger partial charge in [0.1, 0.15) is 11.6 Å². The van der Waals surface area contributed by atoms with Gasteiger partial charge in [-0.25, -0.2) is 14.2 Å². The molecule has 1 aromatic carbocycles. The van der Waals surface area contributed by atoms with Crippen LogP contribution < -0.4 is 5.32 Å². The Morgan fingerprint density at radius 1 is 1.44 bits per heavy atom.